The summed E-state index contributed by atoms with van der Waals surface area (Å²) >= 11 is 12.0. The van der Waals surface area contributed by atoms with Crippen LogP contribution in [-0.4, -0.2) is 55.9 Å². The summed E-state index contributed by atoms with van der Waals surface area (Å²) < 4.78 is 66.9. The summed E-state index contributed by atoms with van der Waals surface area (Å²) in [5, 5.41) is -0.0162. The van der Waals surface area contributed by atoms with Gasteiger partial charge < -0.3 is 4.90 Å². The molecule has 1 aliphatic carbocycles. The van der Waals surface area contributed by atoms with Gasteiger partial charge in [-0.15, -0.1) is 0 Å². The van der Waals surface area contributed by atoms with E-state index in [0.717, 1.165) is 4.31 Å². The van der Waals surface area contributed by atoms with Crippen LogP contribution in [0.1, 0.15) is 25.7 Å². The van der Waals surface area contributed by atoms with Crippen molar-refractivity contribution in [1.82, 2.24) is 9.21 Å². The molecular formula is C18H21Cl2F3N2O3S. The second-order valence-corrected chi connectivity index (χ2v) is 10.0. The number of carbonyl (C=O) groups is 1. The van der Waals surface area contributed by atoms with E-state index >= 15 is 0 Å². The van der Waals surface area contributed by atoms with Gasteiger partial charge in [-0.3, -0.25) is 4.79 Å². The third-order valence-corrected chi connectivity index (χ3v) is 8.43. The highest BCUT2D eigenvalue weighted by atomic mass is 35.5. The molecule has 0 spiro atoms. The first-order valence-corrected chi connectivity index (χ1v) is 11.5. The maximum Gasteiger partial charge on any atom is 0.392 e. The van der Waals surface area contributed by atoms with Gasteiger partial charge in [0.15, 0.2) is 0 Å². The molecule has 1 aromatic carbocycles. The molecule has 162 valence electrons. The smallest absolute Gasteiger partial charge is 0.340 e. The average molecular weight is 473 g/mol. The molecule has 3 rings (SSSR count). The monoisotopic (exact) mass is 472 g/mol. The molecule has 1 saturated carbocycles. The Balaban J connectivity index is 1.71. The second kappa shape index (κ2) is 8.61. The zero-order chi connectivity index (χ0) is 21.4. The van der Waals surface area contributed by atoms with E-state index in [1.165, 1.54) is 23.1 Å². The Hall–Kier alpha value is -1.03. The van der Waals surface area contributed by atoms with Gasteiger partial charge in [0, 0.05) is 32.1 Å². The first-order chi connectivity index (χ1) is 13.5. The number of hydrogen-bond acceptors (Lipinski definition) is 3. The molecule has 2 fully saturated rings. The summed E-state index contributed by atoms with van der Waals surface area (Å²) in [4.78, 5) is 13.9. The Bertz CT molecular complexity index is 851. The van der Waals surface area contributed by atoms with Crippen LogP contribution in [0, 0.1) is 11.8 Å². The fourth-order valence-electron chi connectivity index (χ4n) is 4.06. The van der Waals surface area contributed by atoms with Gasteiger partial charge >= 0.3 is 6.18 Å². The zero-order valence-corrected chi connectivity index (χ0v) is 17.8. The summed E-state index contributed by atoms with van der Waals surface area (Å²) in [6.07, 6.45) is -3.20. The SMILES string of the molecule is O=C(C1CCCCC1C(F)(F)F)N1CCN(S(=O)(=O)c2c(Cl)cccc2Cl)CC1. The number of carbonyl (C=O) groups excluding carboxylic acids is 1. The Morgan fingerprint density at radius 2 is 1.55 bits per heavy atom. The fraction of sp³-hybridized carbons (Fsp3) is 0.611. The highest BCUT2D eigenvalue weighted by Crippen LogP contribution is 2.42. The third-order valence-electron chi connectivity index (χ3n) is 5.57. The highest BCUT2D eigenvalue weighted by molar-refractivity contribution is 7.89. The summed E-state index contributed by atoms with van der Waals surface area (Å²) in [5.74, 6) is -3.27. The first-order valence-electron chi connectivity index (χ1n) is 9.33. The lowest BCUT2D eigenvalue weighted by Crippen LogP contribution is -2.53. The van der Waals surface area contributed by atoms with Crippen molar-refractivity contribution in [2.75, 3.05) is 26.2 Å². The largest absolute Gasteiger partial charge is 0.392 e. The standard InChI is InChI=1S/C18H21Cl2F3N2O3S/c19-14-6-3-7-15(20)16(14)29(27,28)25-10-8-24(9-11-25)17(26)12-4-1-2-5-13(12)18(21,22)23/h3,6-7,12-13H,1-2,4-5,8-11H2. The van der Waals surface area contributed by atoms with E-state index in [-0.39, 0.29) is 54.0 Å². The van der Waals surface area contributed by atoms with Gasteiger partial charge in [0.05, 0.1) is 16.0 Å². The van der Waals surface area contributed by atoms with Crippen molar-refractivity contribution in [3.05, 3.63) is 28.2 Å². The van der Waals surface area contributed by atoms with Gasteiger partial charge in [-0.25, -0.2) is 8.42 Å². The molecular weight excluding hydrogens is 452 g/mol. The maximum atomic E-state index is 13.3. The number of benzene rings is 1. The molecule has 2 unspecified atom stereocenters. The Kier molecular flexibility index (Phi) is 6.72. The van der Waals surface area contributed by atoms with Crippen molar-refractivity contribution < 1.29 is 26.4 Å². The summed E-state index contributed by atoms with van der Waals surface area (Å²) in [6, 6.07) is 4.36. The number of piperazine rings is 1. The Morgan fingerprint density at radius 1 is 1.00 bits per heavy atom. The third kappa shape index (κ3) is 4.68. The lowest BCUT2D eigenvalue weighted by Gasteiger charge is -2.39. The van der Waals surface area contributed by atoms with Crippen LogP contribution < -0.4 is 0 Å². The zero-order valence-electron chi connectivity index (χ0n) is 15.5. The molecule has 1 heterocycles. The predicted octanol–water partition coefficient (Wildman–Crippen LogP) is 4.20. The number of halogens is 5. The number of rotatable bonds is 3. The summed E-state index contributed by atoms with van der Waals surface area (Å²) in [6.45, 7) is 0.000480. The molecule has 2 aliphatic rings. The van der Waals surface area contributed by atoms with Crippen molar-refractivity contribution in [2.24, 2.45) is 11.8 Å². The van der Waals surface area contributed by atoms with Crippen LogP contribution in [0.15, 0.2) is 23.1 Å². The summed E-state index contributed by atoms with van der Waals surface area (Å²) in [7, 11) is -3.98. The van der Waals surface area contributed by atoms with Crippen molar-refractivity contribution in [1.29, 1.82) is 0 Å². The maximum absolute atomic E-state index is 13.3. The van der Waals surface area contributed by atoms with Crippen LogP contribution in [0.2, 0.25) is 10.0 Å². The molecule has 0 N–H and O–H groups in total. The summed E-state index contributed by atoms with van der Waals surface area (Å²) in [5.41, 5.74) is 0. The molecule has 0 aromatic heterocycles. The predicted molar refractivity (Wildman–Crippen MR) is 103 cm³/mol. The van der Waals surface area contributed by atoms with Crippen molar-refractivity contribution in [2.45, 2.75) is 36.8 Å². The topological polar surface area (TPSA) is 57.7 Å². The Morgan fingerprint density at radius 3 is 2.10 bits per heavy atom. The molecule has 0 bridgehead atoms. The van der Waals surface area contributed by atoms with Crippen LogP contribution >= 0.6 is 23.2 Å². The molecule has 1 aromatic rings. The fourth-order valence-corrected chi connectivity index (χ4v) is 6.57. The van der Waals surface area contributed by atoms with Gasteiger partial charge in [0.25, 0.3) is 0 Å². The van der Waals surface area contributed by atoms with Crippen LogP contribution in [0.4, 0.5) is 13.2 Å². The van der Waals surface area contributed by atoms with Gasteiger partial charge in [0.1, 0.15) is 4.90 Å². The number of amides is 1. The van der Waals surface area contributed by atoms with Crippen molar-refractivity contribution >= 4 is 39.1 Å². The van der Waals surface area contributed by atoms with Gasteiger partial charge in [-0.2, -0.15) is 17.5 Å². The molecule has 1 saturated heterocycles. The minimum atomic E-state index is -4.41. The minimum absolute atomic E-state index is 0.00812. The van der Waals surface area contributed by atoms with E-state index in [9.17, 15) is 26.4 Å². The highest BCUT2D eigenvalue weighted by Gasteiger charge is 2.49. The normalized spacial score (nSPS) is 24.5. The number of hydrogen-bond donors (Lipinski definition) is 0. The van der Waals surface area contributed by atoms with Crippen LogP contribution in [0.3, 0.4) is 0 Å². The minimum Gasteiger partial charge on any atom is -0.340 e. The van der Waals surface area contributed by atoms with Crippen molar-refractivity contribution in [3.63, 3.8) is 0 Å². The molecule has 0 radical (unpaired) electrons. The van der Waals surface area contributed by atoms with Crippen LogP contribution in [0.25, 0.3) is 0 Å². The first kappa shape index (κ1) is 22.7. The Labute approximate surface area is 177 Å². The molecule has 5 nitrogen and oxygen atoms in total. The van der Waals surface area contributed by atoms with E-state index in [1.54, 1.807) is 0 Å². The van der Waals surface area contributed by atoms with E-state index < -0.39 is 33.9 Å². The number of alkyl halides is 3. The van der Waals surface area contributed by atoms with Crippen LogP contribution in [0.5, 0.6) is 0 Å². The average Bonchev–Trinajstić information content (AvgIpc) is 2.66. The second-order valence-electron chi connectivity index (χ2n) is 7.32. The molecule has 11 heteroatoms. The molecule has 2 atom stereocenters. The van der Waals surface area contributed by atoms with E-state index in [0.29, 0.717) is 12.8 Å². The van der Waals surface area contributed by atoms with Gasteiger partial charge in [0.2, 0.25) is 15.9 Å². The van der Waals surface area contributed by atoms with E-state index in [1.807, 2.05) is 0 Å². The molecule has 1 amide bonds. The van der Waals surface area contributed by atoms with Crippen LogP contribution in [-0.2, 0) is 14.8 Å². The van der Waals surface area contributed by atoms with E-state index in [2.05, 4.69) is 0 Å². The number of sulfonamides is 1. The lowest BCUT2D eigenvalue weighted by atomic mass is 9.78. The lowest BCUT2D eigenvalue weighted by molar-refractivity contribution is -0.201. The van der Waals surface area contributed by atoms with Crippen molar-refractivity contribution in [3.8, 4) is 0 Å². The number of nitrogens with zero attached hydrogens (tertiary/aromatic N) is 2. The van der Waals surface area contributed by atoms with E-state index in [4.69, 9.17) is 23.2 Å². The molecule has 29 heavy (non-hydrogen) atoms. The molecule has 1 aliphatic heterocycles. The quantitative estimate of drug-likeness (QED) is 0.662. The van der Waals surface area contributed by atoms with Gasteiger partial charge in [-0.1, -0.05) is 42.1 Å². The van der Waals surface area contributed by atoms with Gasteiger partial charge in [-0.05, 0) is 25.0 Å².